The van der Waals surface area contributed by atoms with Gasteiger partial charge in [0.05, 0.1) is 11.4 Å². The first-order chi connectivity index (χ1) is 7.04. The molecule has 0 unspecified atom stereocenters. The molecule has 82 valence electrons. The Morgan fingerprint density at radius 1 is 1.40 bits per heavy atom. The summed E-state index contributed by atoms with van der Waals surface area (Å²) in [6, 6.07) is 0. The van der Waals surface area contributed by atoms with E-state index in [1.807, 2.05) is 18.0 Å². The first-order valence-electron chi connectivity index (χ1n) is 5.23. The lowest BCUT2D eigenvalue weighted by Crippen LogP contribution is -2.09. The fraction of sp³-hybridized carbons (Fsp3) is 0.636. The molecule has 3 nitrogen and oxygen atoms in total. The molecule has 0 fully saturated rings. The Morgan fingerprint density at radius 3 is 2.93 bits per heavy atom. The highest BCUT2D eigenvalue weighted by atomic mass is 32.2. The number of hydrogen-bond donors (Lipinski definition) is 1. The molecule has 0 bridgehead atoms. The first-order valence-corrected chi connectivity index (χ1v) is 6.21. The van der Waals surface area contributed by atoms with Gasteiger partial charge in [-0.1, -0.05) is 20.8 Å². The fourth-order valence-corrected chi connectivity index (χ4v) is 2.15. The highest BCUT2D eigenvalue weighted by Crippen LogP contribution is 2.26. The van der Waals surface area contributed by atoms with E-state index in [2.05, 4.69) is 36.1 Å². The van der Waals surface area contributed by atoms with Crippen molar-refractivity contribution in [3.63, 3.8) is 0 Å². The molecule has 1 N–H and O–H groups in total. The second-order valence-corrected chi connectivity index (χ2v) is 6.56. The van der Waals surface area contributed by atoms with Crippen molar-refractivity contribution in [2.45, 2.75) is 44.4 Å². The average Bonchev–Trinajstić information content (AvgIpc) is 2.60. The van der Waals surface area contributed by atoms with Crippen molar-refractivity contribution < 1.29 is 0 Å². The highest BCUT2D eigenvalue weighted by Gasteiger charge is 2.15. The van der Waals surface area contributed by atoms with E-state index in [0.717, 1.165) is 24.7 Å². The predicted molar refractivity (Wildman–Crippen MR) is 63.6 cm³/mol. The molecule has 1 aliphatic rings. The van der Waals surface area contributed by atoms with E-state index in [1.54, 1.807) is 0 Å². The maximum Gasteiger partial charge on any atom is 0.138 e. The number of nitrogens with zero attached hydrogens (tertiary/aromatic N) is 2. The van der Waals surface area contributed by atoms with Crippen molar-refractivity contribution in [3.8, 4) is 0 Å². The molecule has 0 aromatic carbocycles. The lowest BCUT2D eigenvalue weighted by molar-refractivity contribution is 0.756. The van der Waals surface area contributed by atoms with Crippen molar-refractivity contribution in [2.75, 3.05) is 0 Å². The zero-order valence-electron chi connectivity index (χ0n) is 9.50. The van der Waals surface area contributed by atoms with Gasteiger partial charge in [0.2, 0.25) is 0 Å². The van der Waals surface area contributed by atoms with E-state index < -0.39 is 0 Å². The molecule has 1 aromatic heterocycles. The molecule has 0 saturated heterocycles. The Bertz CT molecular complexity index is 357. The Morgan fingerprint density at radius 2 is 2.20 bits per heavy atom. The van der Waals surface area contributed by atoms with Gasteiger partial charge in [-0.15, -0.1) is 11.8 Å². The third-order valence-corrected chi connectivity index (χ3v) is 3.51. The zero-order chi connectivity index (χ0) is 10.9. The van der Waals surface area contributed by atoms with Crippen LogP contribution in [0.5, 0.6) is 0 Å². The summed E-state index contributed by atoms with van der Waals surface area (Å²) in [6.07, 6.45) is 1.96. The Labute approximate surface area is 95.1 Å². The fourth-order valence-electron chi connectivity index (χ4n) is 1.45. The smallest absolute Gasteiger partial charge is 0.138 e. The number of thioether (sulfide) groups is 1. The van der Waals surface area contributed by atoms with Crippen LogP contribution in [0.1, 0.15) is 37.9 Å². The van der Waals surface area contributed by atoms with E-state index >= 15 is 0 Å². The molecule has 0 amide bonds. The molecular weight excluding hydrogens is 206 g/mol. The molecule has 2 rings (SSSR count). The maximum absolute atomic E-state index is 4.56. The maximum atomic E-state index is 4.56. The molecule has 1 aromatic rings. The Kier molecular flexibility index (Phi) is 2.98. The van der Waals surface area contributed by atoms with Gasteiger partial charge in [0.25, 0.3) is 0 Å². The number of nitrogens with one attached hydrogen (secondary N) is 1. The molecule has 4 heteroatoms. The van der Waals surface area contributed by atoms with Crippen LogP contribution in [-0.4, -0.2) is 14.7 Å². The first kappa shape index (κ1) is 10.9. The third-order valence-electron chi connectivity index (χ3n) is 2.25. The minimum atomic E-state index is 0.278. The van der Waals surface area contributed by atoms with E-state index in [9.17, 15) is 0 Å². The summed E-state index contributed by atoms with van der Waals surface area (Å²) in [5.41, 5.74) is 2.43. The molecule has 15 heavy (non-hydrogen) atoms. The highest BCUT2D eigenvalue weighted by molar-refractivity contribution is 7.99. The van der Waals surface area contributed by atoms with Gasteiger partial charge >= 0.3 is 0 Å². The van der Waals surface area contributed by atoms with Crippen LogP contribution in [0.4, 0.5) is 0 Å². The minimum absolute atomic E-state index is 0.278. The average molecular weight is 223 g/mol. The topological polar surface area (TPSA) is 37.8 Å². The zero-order valence-corrected chi connectivity index (χ0v) is 10.3. The monoisotopic (exact) mass is 223 g/mol. The van der Waals surface area contributed by atoms with Crippen LogP contribution in [0, 0.1) is 0 Å². The number of rotatable bonds is 2. The van der Waals surface area contributed by atoms with Gasteiger partial charge in [-0.05, 0) is 0 Å². The van der Waals surface area contributed by atoms with Crippen molar-refractivity contribution >= 4 is 11.8 Å². The molecule has 2 heterocycles. The van der Waals surface area contributed by atoms with Crippen molar-refractivity contribution in [1.29, 1.82) is 0 Å². The van der Waals surface area contributed by atoms with Gasteiger partial charge in [0.1, 0.15) is 5.82 Å². The van der Waals surface area contributed by atoms with Crippen LogP contribution >= 0.6 is 11.8 Å². The third kappa shape index (κ3) is 2.92. The van der Waals surface area contributed by atoms with Gasteiger partial charge < -0.3 is 5.32 Å². The summed E-state index contributed by atoms with van der Waals surface area (Å²) < 4.78 is 0.278. The second-order valence-electron chi connectivity index (χ2n) is 4.76. The van der Waals surface area contributed by atoms with Gasteiger partial charge in [0, 0.05) is 29.6 Å². The number of hydrogen-bond acceptors (Lipinski definition) is 4. The molecule has 0 saturated carbocycles. The van der Waals surface area contributed by atoms with Gasteiger partial charge in [0.15, 0.2) is 0 Å². The van der Waals surface area contributed by atoms with Crippen LogP contribution in [0.25, 0.3) is 0 Å². The lowest BCUT2D eigenvalue weighted by Gasteiger charge is -2.16. The van der Waals surface area contributed by atoms with Crippen molar-refractivity contribution in [2.24, 2.45) is 0 Å². The molecule has 0 spiro atoms. The standard InChI is InChI=1S/C11H17N3S/c1-11(2,3)15-7-10-13-5-8-4-12-6-9(8)14-10/h5,12H,4,6-7H2,1-3H3. The number of aromatic nitrogens is 2. The van der Waals surface area contributed by atoms with E-state index in [1.165, 1.54) is 11.3 Å². The van der Waals surface area contributed by atoms with Crippen LogP contribution in [-0.2, 0) is 18.8 Å². The van der Waals surface area contributed by atoms with E-state index in [4.69, 9.17) is 0 Å². The molecule has 1 aliphatic heterocycles. The molecule has 0 radical (unpaired) electrons. The summed E-state index contributed by atoms with van der Waals surface area (Å²) in [7, 11) is 0. The SMILES string of the molecule is CC(C)(C)SCc1ncc2c(n1)CNC2. The number of fused-ring (bicyclic) bond motifs is 1. The van der Waals surface area contributed by atoms with Crippen LogP contribution in [0.15, 0.2) is 6.20 Å². The summed E-state index contributed by atoms with van der Waals surface area (Å²) in [4.78, 5) is 8.94. The summed E-state index contributed by atoms with van der Waals surface area (Å²) in [5.74, 6) is 1.86. The summed E-state index contributed by atoms with van der Waals surface area (Å²) in [6.45, 7) is 8.46. The largest absolute Gasteiger partial charge is 0.307 e. The van der Waals surface area contributed by atoms with Gasteiger partial charge in [-0.3, -0.25) is 0 Å². The summed E-state index contributed by atoms with van der Waals surface area (Å²) >= 11 is 1.89. The van der Waals surface area contributed by atoms with Gasteiger partial charge in [-0.2, -0.15) is 0 Å². The van der Waals surface area contributed by atoms with Crippen LogP contribution < -0.4 is 5.32 Å². The minimum Gasteiger partial charge on any atom is -0.307 e. The van der Waals surface area contributed by atoms with E-state index in [-0.39, 0.29) is 4.75 Å². The Hall–Kier alpha value is -0.610. The van der Waals surface area contributed by atoms with Crippen molar-refractivity contribution in [3.05, 3.63) is 23.3 Å². The predicted octanol–water partition coefficient (Wildman–Crippen LogP) is 2.11. The lowest BCUT2D eigenvalue weighted by atomic mass is 10.3. The van der Waals surface area contributed by atoms with Crippen LogP contribution in [0.2, 0.25) is 0 Å². The second kappa shape index (κ2) is 4.10. The molecule has 0 aliphatic carbocycles. The van der Waals surface area contributed by atoms with Crippen molar-refractivity contribution in [1.82, 2.24) is 15.3 Å². The quantitative estimate of drug-likeness (QED) is 0.833. The summed E-state index contributed by atoms with van der Waals surface area (Å²) in [5, 5.41) is 3.28. The van der Waals surface area contributed by atoms with E-state index in [0.29, 0.717) is 0 Å². The molecule has 0 atom stereocenters. The van der Waals surface area contributed by atoms with Crippen LogP contribution in [0.3, 0.4) is 0 Å². The Balaban J connectivity index is 2.04. The molecular formula is C11H17N3S. The van der Waals surface area contributed by atoms with Gasteiger partial charge in [-0.25, -0.2) is 9.97 Å². The normalized spacial score (nSPS) is 15.4.